The molecule has 3 aliphatic rings. The molecule has 0 unspecified atom stereocenters. The number of carbonyl (C=O) groups is 1. The van der Waals surface area contributed by atoms with Crippen molar-refractivity contribution in [2.45, 2.75) is 46.1 Å². The molecule has 27 heavy (non-hydrogen) atoms. The smallest absolute Gasteiger partial charge is 0.409 e. The summed E-state index contributed by atoms with van der Waals surface area (Å²) < 4.78 is 11.4. The van der Waals surface area contributed by atoms with Crippen LogP contribution in [0.15, 0.2) is 47.3 Å². The Kier molecular flexibility index (Phi) is 5.06. The number of nitrogens with zero attached hydrogens (tertiary/aromatic N) is 1. The monoisotopic (exact) mass is 365 g/mol. The van der Waals surface area contributed by atoms with E-state index in [1.807, 2.05) is 11.8 Å². The number of fused-ring (bicyclic) bond motifs is 1. The van der Waals surface area contributed by atoms with E-state index in [-0.39, 0.29) is 6.09 Å². The van der Waals surface area contributed by atoms with Gasteiger partial charge in [0, 0.05) is 25.1 Å². The maximum Gasteiger partial charge on any atom is 0.409 e. The molecular weight excluding hydrogens is 338 g/mol. The Hall–Kier alpha value is -2.49. The van der Waals surface area contributed by atoms with Crippen LogP contribution in [-0.2, 0) is 16.1 Å². The molecule has 0 bridgehead atoms. The fourth-order valence-electron chi connectivity index (χ4n) is 4.22. The third-order valence-electron chi connectivity index (χ3n) is 5.57. The van der Waals surface area contributed by atoms with Gasteiger partial charge in [-0.3, -0.25) is 0 Å². The van der Waals surface area contributed by atoms with Gasteiger partial charge >= 0.3 is 6.09 Å². The third kappa shape index (κ3) is 3.53. The second kappa shape index (κ2) is 7.63. The Morgan fingerprint density at radius 2 is 2.04 bits per heavy atom. The fraction of sp³-hybridized carbons (Fsp3) is 0.435. The number of benzene rings is 1. The third-order valence-corrected chi connectivity index (χ3v) is 5.57. The van der Waals surface area contributed by atoms with Gasteiger partial charge in [0.2, 0.25) is 0 Å². The van der Waals surface area contributed by atoms with Crippen molar-refractivity contribution in [3.8, 4) is 0 Å². The normalized spacial score (nSPS) is 19.3. The number of aryl methyl sites for hydroxylation is 1. The second-order valence-electron chi connectivity index (χ2n) is 7.39. The molecule has 4 rings (SSSR count). The predicted octanol–water partition coefficient (Wildman–Crippen LogP) is 5.14. The molecule has 0 radical (unpaired) electrons. The number of hydrogen-bond acceptors (Lipinski definition) is 3. The topological polar surface area (TPSA) is 38.8 Å². The van der Waals surface area contributed by atoms with Gasteiger partial charge in [-0.1, -0.05) is 41.5 Å². The summed E-state index contributed by atoms with van der Waals surface area (Å²) in [5.41, 5.74) is 7.80. The predicted molar refractivity (Wildman–Crippen MR) is 106 cm³/mol. The summed E-state index contributed by atoms with van der Waals surface area (Å²) in [7, 11) is 0. The van der Waals surface area contributed by atoms with E-state index in [1.165, 1.54) is 33.4 Å². The zero-order valence-corrected chi connectivity index (χ0v) is 16.2. The number of carbonyl (C=O) groups excluding carboxylic acids is 1. The zero-order valence-electron chi connectivity index (χ0n) is 16.2. The van der Waals surface area contributed by atoms with Crippen LogP contribution in [0.5, 0.6) is 0 Å². The van der Waals surface area contributed by atoms with E-state index in [0.717, 1.165) is 31.4 Å². The number of hydrogen-bond donors (Lipinski definition) is 0. The second-order valence-corrected chi connectivity index (χ2v) is 7.39. The molecule has 0 N–H and O–H groups in total. The molecule has 0 atom stereocenters. The molecule has 1 aromatic carbocycles. The van der Waals surface area contributed by atoms with Crippen LogP contribution < -0.4 is 0 Å². The largest absolute Gasteiger partial charge is 0.493 e. The highest BCUT2D eigenvalue weighted by Crippen LogP contribution is 2.41. The molecular formula is C23H27NO3. The highest BCUT2D eigenvalue weighted by atomic mass is 16.6. The molecule has 1 aromatic rings. The van der Waals surface area contributed by atoms with E-state index >= 15 is 0 Å². The fourth-order valence-corrected chi connectivity index (χ4v) is 4.22. The molecule has 0 aromatic heterocycles. The Morgan fingerprint density at radius 1 is 1.22 bits per heavy atom. The van der Waals surface area contributed by atoms with E-state index in [4.69, 9.17) is 9.47 Å². The van der Waals surface area contributed by atoms with Crippen LogP contribution in [0, 0.1) is 6.92 Å². The molecule has 1 fully saturated rings. The summed E-state index contributed by atoms with van der Waals surface area (Å²) >= 11 is 0. The van der Waals surface area contributed by atoms with Crippen molar-refractivity contribution in [1.82, 2.24) is 4.90 Å². The quantitative estimate of drug-likeness (QED) is 0.692. The molecule has 0 spiro atoms. The van der Waals surface area contributed by atoms with Gasteiger partial charge in [-0.2, -0.15) is 0 Å². The van der Waals surface area contributed by atoms with Crippen molar-refractivity contribution in [2.75, 3.05) is 19.7 Å². The summed E-state index contributed by atoms with van der Waals surface area (Å²) in [6.45, 7) is 6.47. The summed E-state index contributed by atoms with van der Waals surface area (Å²) in [6, 6.07) is 6.67. The Labute approximate surface area is 161 Å². The summed E-state index contributed by atoms with van der Waals surface area (Å²) in [5.74, 6) is 1.11. The molecule has 1 aliphatic carbocycles. The minimum atomic E-state index is -0.195. The Balaban J connectivity index is 1.73. The van der Waals surface area contributed by atoms with E-state index in [2.05, 4.69) is 37.3 Å². The molecule has 1 saturated heterocycles. The molecule has 0 saturated carbocycles. The molecule has 4 nitrogen and oxygen atoms in total. The van der Waals surface area contributed by atoms with Gasteiger partial charge in [0.1, 0.15) is 12.4 Å². The SMILES string of the molecule is CCOC(=O)N1CCC(=C2C3=C(CCC=C3)OCc3cc(C)ccc32)CC1. The van der Waals surface area contributed by atoms with Gasteiger partial charge in [-0.05, 0) is 49.8 Å². The standard InChI is InChI=1S/C23H27NO3/c1-3-26-23(25)24-12-10-17(11-13-24)22-19-9-8-16(2)14-18(19)15-27-21-7-5-4-6-20(21)22/h4,6,8-9,14H,3,5,7,10-13,15H2,1-2H3. The van der Waals surface area contributed by atoms with Gasteiger partial charge in [0.15, 0.2) is 0 Å². The summed E-state index contributed by atoms with van der Waals surface area (Å²) in [6.07, 6.45) is 8.04. The Bertz CT molecular complexity index is 837. The van der Waals surface area contributed by atoms with Crippen LogP contribution in [0.25, 0.3) is 5.57 Å². The van der Waals surface area contributed by atoms with Crippen LogP contribution in [-0.4, -0.2) is 30.7 Å². The number of amides is 1. The lowest BCUT2D eigenvalue weighted by atomic mass is 9.84. The first kappa shape index (κ1) is 17.9. The number of ether oxygens (including phenoxy) is 2. The number of piperidine rings is 1. The number of likely N-dealkylation sites (tertiary alicyclic amines) is 1. The maximum atomic E-state index is 12.0. The zero-order chi connectivity index (χ0) is 18.8. The first-order valence-electron chi connectivity index (χ1n) is 9.94. The van der Waals surface area contributed by atoms with Crippen LogP contribution in [0.1, 0.15) is 49.3 Å². The van der Waals surface area contributed by atoms with Crippen molar-refractivity contribution in [3.63, 3.8) is 0 Å². The minimum Gasteiger partial charge on any atom is -0.493 e. The maximum absolute atomic E-state index is 12.0. The molecule has 142 valence electrons. The van der Waals surface area contributed by atoms with Gasteiger partial charge in [-0.15, -0.1) is 0 Å². The van der Waals surface area contributed by atoms with Crippen molar-refractivity contribution >= 4 is 11.7 Å². The van der Waals surface area contributed by atoms with E-state index in [1.54, 1.807) is 0 Å². The lowest BCUT2D eigenvalue weighted by Crippen LogP contribution is -2.37. The molecule has 2 heterocycles. The van der Waals surface area contributed by atoms with Crippen molar-refractivity contribution in [1.29, 1.82) is 0 Å². The lowest BCUT2D eigenvalue weighted by molar-refractivity contribution is 0.104. The number of rotatable bonds is 1. The van der Waals surface area contributed by atoms with Gasteiger partial charge in [0.05, 0.1) is 6.61 Å². The van der Waals surface area contributed by atoms with Crippen LogP contribution in [0.2, 0.25) is 0 Å². The van der Waals surface area contributed by atoms with Crippen LogP contribution >= 0.6 is 0 Å². The van der Waals surface area contributed by atoms with Crippen LogP contribution in [0.4, 0.5) is 4.79 Å². The lowest BCUT2D eigenvalue weighted by Gasteiger charge is -2.30. The summed E-state index contributed by atoms with van der Waals surface area (Å²) in [4.78, 5) is 13.9. The molecule has 4 heteroatoms. The van der Waals surface area contributed by atoms with Gasteiger partial charge in [-0.25, -0.2) is 4.79 Å². The van der Waals surface area contributed by atoms with Gasteiger partial charge < -0.3 is 14.4 Å². The van der Waals surface area contributed by atoms with Gasteiger partial charge in [0.25, 0.3) is 0 Å². The first-order valence-corrected chi connectivity index (χ1v) is 9.94. The summed E-state index contributed by atoms with van der Waals surface area (Å²) in [5, 5.41) is 0. The average Bonchev–Trinajstić information content (AvgIpc) is 2.85. The molecule has 2 aliphatic heterocycles. The Morgan fingerprint density at radius 3 is 2.81 bits per heavy atom. The van der Waals surface area contributed by atoms with Crippen LogP contribution in [0.3, 0.4) is 0 Å². The van der Waals surface area contributed by atoms with E-state index in [9.17, 15) is 4.79 Å². The van der Waals surface area contributed by atoms with E-state index < -0.39 is 0 Å². The van der Waals surface area contributed by atoms with Crippen molar-refractivity contribution in [2.24, 2.45) is 0 Å². The minimum absolute atomic E-state index is 0.195. The average molecular weight is 365 g/mol. The first-order chi connectivity index (χ1) is 13.2. The van der Waals surface area contributed by atoms with Crippen molar-refractivity contribution < 1.29 is 14.3 Å². The highest BCUT2D eigenvalue weighted by molar-refractivity contribution is 5.87. The number of allylic oxidation sites excluding steroid dienone is 5. The van der Waals surface area contributed by atoms with Crippen molar-refractivity contribution in [3.05, 3.63) is 63.9 Å². The molecule has 1 amide bonds. The van der Waals surface area contributed by atoms with E-state index in [0.29, 0.717) is 26.3 Å². The highest BCUT2D eigenvalue weighted by Gasteiger charge is 2.28.